The minimum absolute atomic E-state index is 0.00378. The monoisotopic (exact) mass is 342 g/mol. The van der Waals surface area contributed by atoms with Gasteiger partial charge in [-0.15, -0.1) is 10.2 Å². The molecule has 0 aliphatic rings. The summed E-state index contributed by atoms with van der Waals surface area (Å²) in [4.78, 5) is 22.0. The minimum atomic E-state index is -0.619. The standard InChI is InChI=1S/C11H11ClN6O3S/c1-6-15-16-11(17(6)13)22-5-10(19)14-7-2-3-8(12)9(4-7)18(20)21/h2-4H,5,13H2,1H3,(H,14,19). The molecule has 116 valence electrons. The predicted octanol–water partition coefficient (Wildman–Crippen LogP) is 1.59. The fraction of sp³-hybridized carbons (Fsp3) is 0.182. The summed E-state index contributed by atoms with van der Waals surface area (Å²) in [7, 11) is 0. The number of nitro groups is 1. The Labute approximate surface area is 134 Å². The zero-order valence-electron chi connectivity index (χ0n) is 11.3. The molecule has 0 saturated carbocycles. The van der Waals surface area contributed by atoms with Crippen molar-refractivity contribution in [3.8, 4) is 0 Å². The van der Waals surface area contributed by atoms with Gasteiger partial charge in [-0.2, -0.15) is 0 Å². The van der Waals surface area contributed by atoms with Crippen molar-refractivity contribution in [2.45, 2.75) is 12.1 Å². The van der Waals surface area contributed by atoms with E-state index in [0.717, 1.165) is 11.8 Å². The van der Waals surface area contributed by atoms with Crippen LogP contribution in [0, 0.1) is 17.0 Å². The summed E-state index contributed by atoms with van der Waals surface area (Å²) in [5.74, 6) is 5.86. The summed E-state index contributed by atoms with van der Waals surface area (Å²) in [6.45, 7) is 1.68. The van der Waals surface area contributed by atoms with Gasteiger partial charge in [-0.25, -0.2) is 4.68 Å². The van der Waals surface area contributed by atoms with Gasteiger partial charge in [-0.3, -0.25) is 14.9 Å². The van der Waals surface area contributed by atoms with Crippen LogP contribution in [0.3, 0.4) is 0 Å². The number of nitrogens with two attached hydrogens (primary N) is 1. The number of amides is 1. The highest BCUT2D eigenvalue weighted by Gasteiger charge is 2.15. The molecule has 0 aliphatic heterocycles. The van der Waals surface area contributed by atoms with E-state index in [1.807, 2.05) is 0 Å². The third kappa shape index (κ3) is 3.65. The Hall–Kier alpha value is -2.33. The number of nitrogen functional groups attached to an aromatic ring is 1. The van der Waals surface area contributed by atoms with Crippen molar-refractivity contribution in [2.24, 2.45) is 0 Å². The molecule has 0 radical (unpaired) electrons. The number of benzene rings is 1. The molecule has 2 rings (SSSR count). The molecule has 1 aromatic carbocycles. The van der Waals surface area contributed by atoms with Crippen molar-refractivity contribution in [1.29, 1.82) is 0 Å². The van der Waals surface area contributed by atoms with E-state index in [4.69, 9.17) is 17.4 Å². The number of anilines is 1. The number of thioether (sulfide) groups is 1. The van der Waals surface area contributed by atoms with E-state index in [2.05, 4.69) is 15.5 Å². The van der Waals surface area contributed by atoms with Crippen LogP contribution in [0.5, 0.6) is 0 Å². The molecule has 0 unspecified atom stereocenters. The topological polar surface area (TPSA) is 129 Å². The normalized spacial score (nSPS) is 10.5. The van der Waals surface area contributed by atoms with E-state index < -0.39 is 4.92 Å². The third-order valence-electron chi connectivity index (χ3n) is 2.59. The van der Waals surface area contributed by atoms with Gasteiger partial charge in [0.25, 0.3) is 5.69 Å². The average Bonchev–Trinajstić information content (AvgIpc) is 2.78. The second kappa shape index (κ2) is 6.62. The molecule has 0 spiro atoms. The molecule has 11 heteroatoms. The van der Waals surface area contributed by atoms with E-state index in [1.165, 1.54) is 22.9 Å². The summed E-state index contributed by atoms with van der Waals surface area (Å²) < 4.78 is 1.27. The first-order valence-corrected chi connectivity index (χ1v) is 7.28. The van der Waals surface area contributed by atoms with E-state index in [0.29, 0.717) is 11.0 Å². The average molecular weight is 343 g/mol. The van der Waals surface area contributed by atoms with Gasteiger partial charge in [0.05, 0.1) is 10.7 Å². The number of nitro benzene ring substituents is 1. The number of hydrogen-bond acceptors (Lipinski definition) is 7. The zero-order valence-corrected chi connectivity index (χ0v) is 12.9. The van der Waals surface area contributed by atoms with Crippen molar-refractivity contribution in [2.75, 3.05) is 16.9 Å². The molecule has 1 amide bonds. The summed E-state index contributed by atoms with van der Waals surface area (Å²) in [5, 5.41) is 21.3. The molecule has 0 saturated heterocycles. The first-order chi connectivity index (χ1) is 10.4. The van der Waals surface area contributed by atoms with Crippen LogP contribution in [-0.4, -0.2) is 31.5 Å². The number of rotatable bonds is 5. The van der Waals surface area contributed by atoms with Crippen molar-refractivity contribution in [1.82, 2.24) is 14.9 Å². The van der Waals surface area contributed by atoms with Gasteiger partial charge in [0.2, 0.25) is 11.1 Å². The number of aryl methyl sites for hydroxylation is 1. The molecular weight excluding hydrogens is 332 g/mol. The second-order valence-electron chi connectivity index (χ2n) is 4.16. The van der Waals surface area contributed by atoms with Crippen LogP contribution in [0.1, 0.15) is 5.82 Å². The van der Waals surface area contributed by atoms with Crippen molar-refractivity contribution in [3.05, 3.63) is 39.2 Å². The van der Waals surface area contributed by atoms with Crippen LogP contribution < -0.4 is 11.2 Å². The molecule has 0 bridgehead atoms. The zero-order chi connectivity index (χ0) is 16.3. The molecule has 3 N–H and O–H groups in total. The summed E-state index contributed by atoms with van der Waals surface area (Å²) in [6.07, 6.45) is 0. The van der Waals surface area contributed by atoms with E-state index in [9.17, 15) is 14.9 Å². The molecule has 22 heavy (non-hydrogen) atoms. The number of carbonyl (C=O) groups excluding carboxylic acids is 1. The van der Waals surface area contributed by atoms with Crippen LogP contribution in [0.2, 0.25) is 5.02 Å². The minimum Gasteiger partial charge on any atom is -0.336 e. The first kappa shape index (κ1) is 16.0. The van der Waals surface area contributed by atoms with Gasteiger partial charge in [0, 0.05) is 11.8 Å². The number of nitrogens with one attached hydrogen (secondary N) is 1. The van der Waals surface area contributed by atoms with Gasteiger partial charge in [0.15, 0.2) is 0 Å². The van der Waals surface area contributed by atoms with Crippen LogP contribution in [-0.2, 0) is 4.79 Å². The van der Waals surface area contributed by atoms with E-state index in [-0.39, 0.29) is 28.1 Å². The van der Waals surface area contributed by atoms with E-state index >= 15 is 0 Å². The fourth-order valence-corrected chi connectivity index (χ4v) is 2.39. The number of hydrogen-bond donors (Lipinski definition) is 2. The number of halogens is 1. The van der Waals surface area contributed by atoms with Gasteiger partial charge in [-0.1, -0.05) is 23.4 Å². The smallest absolute Gasteiger partial charge is 0.289 e. The Morgan fingerprint density at radius 3 is 2.86 bits per heavy atom. The van der Waals surface area contributed by atoms with Gasteiger partial charge < -0.3 is 11.2 Å². The highest BCUT2D eigenvalue weighted by Crippen LogP contribution is 2.27. The molecule has 0 fully saturated rings. The lowest BCUT2D eigenvalue weighted by Crippen LogP contribution is -2.16. The first-order valence-electron chi connectivity index (χ1n) is 5.92. The Morgan fingerprint density at radius 2 is 2.27 bits per heavy atom. The van der Waals surface area contributed by atoms with Crippen LogP contribution in [0.15, 0.2) is 23.4 Å². The molecule has 1 heterocycles. The summed E-state index contributed by atoms with van der Waals surface area (Å²) in [5.41, 5.74) is 0.0107. The molecular formula is C11H11ClN6O3S. The van der Waals surface area contributed by atoms with Gasteiger partial charge >= 0.3 is 0 Å². The van der Waals surface area contributed by atoms with Crippen LogP contribution in [0.25, 0.3) is 0 Å². The maximum absolute atomic E-state index is 11.8. The predicted molar refractivity (Wildman–Crippen MR) is 82.4 cm³/mol. The maximum atomic E-state index is 11.8. The molecule has 1 aromatic heterocycles. The lowest BCUT2D eigenvalue weighted by Gasteiger charge is -2.05. The lowest BCUT2D eigenvalue weighted by molar-refractivity contribution is -0.384. The Kier molecular flexibility index (Phi) is 4.83. The van der Waals surface area contributed by atoms with Crippen molar-refractivity contribution >= 4 is 40.6 Å². The Morgan fingerprint density at radius 1 is 1.55 bits per heavy atom. The molecule has 2 aromatic rings. The highest BCUT2D eigenvalue weighted by molar-refractivity contribution is 7.99. The SMILES string of the molecule is Cc1nnc(SCC(=O)Nc2ccc(Cl)c([N+](=O)[O-])c2)n1N. The van der Waals surface area contributed by atoms with Gasteiger partial charge in [-0.05, 0) is 19.1 Å². The van der Waals surface area contributed by atoms with E-state index in [1.54, 1.807) is 6.92 Å². The highest BCUT2D eigenvalue weighted by atomic mass is 35.5. The number of aromatic nitrogens is 3. The summed E-state index contributed by atoms with van der Waals surface area (Å²) >= 11 is 6.80. The third-order valence-corrected chi connectivity index (χ3v) is 3.86. The van der Waals surface area contributed by atoms with Crippen LogP contribution in [0.4, 0.5) is 11.4 Å². The number of carbonyl (C=O) groups is 1. The van der Waals surface area contributed by atoms with Gasteiger partial charge in [0.1, 0.15) is 10.8 Å². The molecule has 9 nitrogen and oxygen atoms in total. The van der Waals surface area contributed by atoms with Crippen molar-refractivity contribution < 1.29 is 9.72 Å². The Bertz CT molecular complexity index is 735. The quantitative estimate of drug-likeness (QED) is 0.365. The van der Waals surface area contributed by atoms with Crippen molar-refractivity contribution in [3.63, 3.8) is 0 Å². The fourth-order valence-electron chi connectivity index (χ4n) is 1.51. The maximum Gasteiger partial charge on any atom is 0.289 e. The van der Waals surface area contributed by atoms with Crippen LogP contribution >= 0.6 is 23.4 Å². The molecule has 0 aliphatic carbocycles. The number of nitrogens with zero attached hydrogens (tertiary/aromatic N) is 4. The summed E-state index contributed by atoms with van der Waals surface area (Å²) in [6, 6.07) is 4.02. The largest absolute Gasteiger partial charge is 0.336 e. The second-order valence-corrected chi connectivity index (χ2v) is 5.51. The molecule has 0 atom stereocenters. The Balaban J connectivity index is 1.99. The lowest BCUT2D eigenvalue weighted by atomic mass is 10.3.